The first kappa shape index (κ1) is 24.2. The van der Waals surface area contributed by atoms with Crippen LogP contribution in [0.15, 0.2) is 35.3 Å². The standard InChI is InChI=1S/C21H36N4O.HI/c1-4-22-21(23-13-12-20(26)19-10-6-5-7-11-19)24-15-18(3)25-14-8-9-17(2)16-25;/h5-7,10-11,17-18,20,26H,4,8-9,12-16H2,1-3H3,(H2,22,23,24);1H. The molecule has 1 aliphatic rings. The molecule has 154 valence electrons. The summed E-state index contributed by atoms with van der Waals surface area (Å²) >= 11 is 0. The van der Waals surface area contributed by atoms with Gasteiger partial charge in [0.25, 0.3) is 0 Å². The first-order chi connectivity index (χ1) is 12.6. The number of hydrogen-bond acceptors (Lipinski definition) is 3. The molecule has 1 aromatic rings. The second-order valence-electron chi connectivity index (χ2n) is 7.45. The van der Waals surface area contributed by atoms with Crippen LogP contribution in [0.5, 0.6) is 0 Å². The van der Waals surface area contributed by atoms with Crippen LogP contribution >= 0.6 is 24.0 Å². The quantitative estimate of drug-likeness (QED) is 0.298. The topological polar surface area (TPSA) is 59.9 Å². The Hall–Kier alpha value is -0.860. The number of likely N-dealkylation sites (tertiary alicyclic amines) is 1. The molecular weight excluding hydrogens is 451 g/mol. The lowest BCUT2D eigenvalue weighted by Crippen LogP contribution is -2.43. The fraction of sp³-hybridized carbons (Fsp3) is 0.667. The van der Waals surface area contributed by atoms with Gasteiger partial charge in [0.1, 0.15) is 0 Å². The highest BCUT2D eigenvalue weighted by Crippen LogP contribution is 2.18. The van der Waals surface area contributed by atoms with Crippen molar-refractivity contribution in [3.05, 3.63) is 35.9 Å². The van der Waals surface area contributed by atoms with Gasteiger partial charge in [-0.3, -0.25) is 9.89 Å². The van der Waals surface area contributed by atoms with E-state index in [1.807, 2.05) is 30.3 Å². The molecule has 1 aliphatic heterocycles. The predicted octanol–water partition coefficient (Wildman–Crippen LogP) is 3.40. The van der Waals surface area contributed by atoms with E-state index >= 15 is 0 Å². The molecule has 0 aromatic heterocycles. The first-order valence-electron chi connectivity index (χ1n) is 10.1. The van der Waals surface area contributed by atoms with Crippen LogP contribution in [0.2, 0.25) is 0 Å². The molecule has 1 heterocycles. The van der Waals surface area contributed by atoms with Crippen LogP contribution in [0.3, 0.4) is 0 Å². The average Bonchev–Trinajstić information content (AvgIpc) is 2.66. The van der Waals surface area contributed by atoms with E-state index in [2.05, 4.69) is 36.3 Å². The molecule has 1 saturated heterocycles. The number of guanidine groups is 1. The molecule has 0 saturated carbocycles. The molecule has 3 atom stereocenters. The molecule has 0 spiro atoms. The minimum Gasteiger partial charge on any atom is -0.388 e. The fourth-order valence-corrected chi connectivity index (χ4v) is 3.48. The van der Waals surface area contributed by atoms with E-state index in [-0.39, 0.29) is 24.0 Å². The number of aliphatic imine (C=N–C) groups is 1. The first-order valence-corrected chi connectivity index (χ1v) is 10.1. The Morgan fingerprint density at radius 1 is 1.30 bits per heavy atom. The number of piperidine rings is 1. The molecule has 0 amide bonds. The number of rotatable bonds is 8. The van der Waals surface area contributed by atoms with Crippen molar-refractivity contribution in [3.63, 3.8) is 0 Å². The number of aliphatic hydroxyl groups excluding tert-OH is 1. The van der Waals surface area contributed by atoms with E-state index in [0.717, 1.165) is 30.5 Å². The molecule has 1 aromatic carbocycles. The van der Waals surface area contributed by atoms with Gasteiger partial charge in [0.05, 0.1) is 12.6 Å². The van der Waals surface area contributed by atoms with E-state index in [1.165, 1.54) is 25.9 Å². The SMILES string of the molecule is CCNC(=NCC(C)N1CCCC(C)C1)NCCC(O)c1ccccc1.I. The van der Waals surface area contributed by atoms with Gasteiger partial charge in [0.2, 0.25) is 0 Å². The molecule has 1 fully saturated rings. The number of nitrogens with zero attached hydrogens (tertiary/aromatic N) is 2. The van der Waals surface area contributed by atoms with Crippen LogP contribution in [-0.2, 0) is 0 Å². The third kappa shape index (κ3) is 8.79. The second kappa shape index (κ2) is 13.3. The number of aliphatic hydroxyl groups is 1. The van der Waals surface area contributed by atoms with E-state index in [9.17, 15) is 5.11 Å². The zero-order chi connectivity index (χ0) is 18.8. The lowest BCUT2D eigenvalue weighted by molar-refractivity contribution is 0.142. The van der Waals surface area contributed by atoms with Crippen molar-refractivity contribution in [1.82, 2.24) is 15.5 Å². The Balaban J connectivity index is 0.00000364. The van der Waals surface area contributed by atoms with Crippen LogP contribution in [0.1, 0.15) is 51.7 Å². The van der Waals surface area contributed by atoms with Crippen molar-refractivity contribution >= 4 is 29.9 Å². The summed E-state index contributed by atoms with van der Waals surface area (Å²) in [4.78, 5) is 7.31. The Kier molecular flexibility index (Phi) is 11.9. The Morgan fingerprint density at radius 2 is 2.04 bits per heavy atom. The van der Waals surface area contributed by atoms with Gasteiger partial charge < -0.3 is 15.7 Å². The monoisotopic (exact) mass is 488 g/mol. The maximum absolute atomic E-state index is 10.3. The molecule has 0 aliphatic carbocycles. The third-order valence-electron chi connectivity index (χ3n) is 5.06. The van der Waals surface area contributed by atoms with Crippen LogP contribution in [0, 0.1) is 5.92 Å². The molecule has 2 rings (SSSR count). The summed E-state index contributed by atoms with van der Waals surface area (Å²) < 4.78 is 0. The largest absolute Gasteiger partial charge is 0.388 e. The van der Waals surface area contributed by atoms with Crippen molar-refractivity contribution in [2.24, 2.45) is 10.9 Å². The van der Waals surface area contributed by atoms with Crippen molar-refractivity contribution < 1.29 is 5.11 Å². The smallest absolute Gasteiger partial charge is 0.191 e. The molecule has 27 heavy (non-hydrogen) atoms. The van der Waals surface area contributed by atoms with Gasteiger partial charge in [0.15, 0.2) is 5.96 Å². The molecule has 3 N–H and O–H groups in total. The van der Waals surface area contributed by atoms with E-state index in [0.29, 0.717) is 19.0 Å². The summed E-state index contributed by atoms with van der Waals surface area (Å²) in [6.07, 6.45) is 2.86. The minimum absolute atomic E-state index is 0. The zero-order valence-corrected chi connectivity index (χ0v) is 19.4. The molecule has 6 heteroatoms. The highest BCUT2D eigenvalue weighted by Gasteiger charge is 2.20. The van der Waals surface area contributed by atoms with Crippen molar-refractivity contribution in [1.29, 1.82) is 0 Å². The van der Waals surface area contributed by atoms with Gasteiger partial charge in [-0.1, -0.05) is 37.3 Å². The Morgan fingerprint density at radius 3 is 2.70 bits per heavy atom. The van der Waals surface area contributed by atoms with Crippen LogP contribution in [-0.4, -0.2) is 54.7 Å². The van der Waals surface area contributed by atoms with E-state index < -0.39 is 6.10 Å². The number of hydrogen-bond donors (Lipinski definition) is 3. The lowest BCUT2D eigenvalue weighted by Gasteiger charge is -2.35. The van der Waals surface area contributed by atoms with Crippen LogP contribution in [0.25, 0.3) is 0 Å². The molecule has 0 bridgehead atoms. The van der Waals surface area contributed by atoms with Gasteiger partial charge in [-0.25, -0.2) is 0 Å². The third-order valence-corrected chi connectivity index (χ3v) is 5.06. The van der Waals surface area contributed by atoms with E-state index in [1.54, 1.807) is 0 Å². The molecular formula is C21H37IN4O. The molecule has 0 radical (unpaired) electrons. The van der Waals surface area contributed by atoms with Gasteiger partial charge >= 0.3 is 0 Å². The fourth-order valence-electron chi connectivity index (χ4n) is 3.48. The summed E-state index contributed by atoms with van der Waals surface area (Å²) in [5.74, 6) is 1.63. The summed E-state index contributed by atoms with van der Waals surface area (Å²) in [7, 11) is 0. The minimum atomic E-state index is -0.444. The predicted molar refractivity (Wildman–Crippen MR) is 125 cm³/mol. The summed E-state index contributed by atoms with van der Waals surface area (Å²) in [5.41, 5.74) is 0.962. The van der Waals surface area contributed by atoms with Gasteiger partial charge in [0, 0.05) is 25.7 Å². The maximum atomic E-state index is 10.3. The zero-order valence-electron chi connectivity index (χ0n) is 17.0. The van der Waals surface area contributed by atoms with Gasteiger partial charge in [-0.2, -0.15) is 0 Å². The average molecular weight is 488 g/mol. The molecule has 3 unspecified atom stereocenters. The Labute approximate surface area is 182 Å². The van der Waals surface area contributed by atoms with Crippen molar-refractivity contribution in [2.45, 2.75) is 52.2 Å². The van der Waals surface area contributed by atoms with Crippen molar-refractivity contribution in [2.75, 3.05) is 32.7 Å². The Bertz CT molecular complexity index is 540. The molecule has 5 nitrogen and oxygen atoms in total. The maximum Gasteiger partial charge on any atom is 0.191 e. The highest BCUT2D eigenvalue weighted by molar-refractivity contribution is 14.0. The van der Waals surface area contributed by atoms with Crippen LogP contribution in [0.4, 0.5) is 0 Å². The number of halogens is 1. The number of nitrogens with one attached hydrogen (secondary N) is 2. The van der Waals surface area contributed by atoms with E-state index in [4.69, 9.17) is 4.99 Å². The number of benzene rings is 1. The normalized spacial score (nSPS) is 20.4. The van der Waals surface area contributed by atoms with Crippen molar-refractivity contribution in [3.8, 4) is 0 Å². The summed E-state index contributed by atoms with van der Waals surface area (Å²) in [6.45, 7) is 11.4. The summed E-state index contributed by atoms with van der Waals surface area (Å²) in [6, 6.07) is 10.3. The van der Waals surface area contributed by atoms with Gasteiger partial charge in [-0.05, 0) is 51.1 Å². The van der Waals surface area contributed by atoms with Gasteiger partial charge in [-0.15, -0.1) is 24.0 Å². The lowest BCUT2D eigenvalue weighted by atomic mass is 9.99. The second-order valence-corrected chi connectivity index (χ2v) is 7.45. The van der Waals surface area contributed by atoms with Crippen LogP contribution < -0.4 is 10.6 Å². The highest BCUT2D eigenvalue weighted by atomic mass is 127. The summed E-state index contributed by atoms with van der Waals surface area (Å²) in [5, 5.41) is 16.9.